The second-order valence-electron chi connectivity index (χ2n) is 5.13. The van der Waals surface area contributed by atoms with E-state index >= 15 is 0 Å². The summed E-state index contributed by atoms with van der Waals surface area (Å²) < 4.78 is 0. The van der Waals surface area contributed by atoms with Gasteiger partial charge in [-0.25, -0.2) is 0 Å². The summed E-state index contributed by atoms with van der Waals surface area (Å²) in [6, 6.07) is 8.71. The Hall–Kier alpha value is -1.02. The quantitative estimate of drug-likeness (QED) is 0.757. The van der Waals surface area contributed by atoms with Gasteiger partial charge in [0.05, 0.1) is 0 Å². The van der Waals surface area contributed by atoms with E-state index < -0.39 is 0 Å². The standard InChI is InChI=1S/C15H24N2/c1-3-4-7-10-17(2)12-13-11-16-15-9-6-5-8-14(13)15/h5-6,8-9,13,16H,3-4,7,10-12H2,1-2H3. The number of benzene rings is 1. The lowest BCUT2D eigenvalue weighted by Crippen LogP contribution is -2.26. The van der Waals surface area contributed by atoms with Gasteiger partial charge in [0, 0.05) is 24.7 Å². The fraction of sp³-hybridized carbons (Fsp3) is 0.600. The number of nitrogens with one attached hydrogen (secondary N) is 1. The molecule has 0 saturated carbocycles. The molecule has 1 unspecified atom stereocenters. The molecule has 1 heterocycles. The molecule has 2 nitrogen and oxygen atoms in total. The van der Waals surface area contributed by atoms with Crippen molar-refractivity contribution in [3.63, 3.8) is 0 Å². The van der Waals surface area contributed by atoms with Gasteiger partial charge in [-0.2, -0.15) is 0 Å². The summed E-state index contributed by atoms with van der Waals surface area (Å²) in [5, 5.41) is 3.50. The maximum Gasteiger partial charge on any atom is 0.0376 e. The molecule has 17 heavy (non-hydrogen) atoms. The summed E-state index contributed by atoms with van der Waals surface area (Å²) in [4.78, 5) is 2.48. The Kier molecular flexibility index (Phi) is 4.43. The summed E-state index contributed by atoms with van der Waals surface area (Å²) in [5.41, 5.74) is 2.83. The first-order chi connectivity index (χ1) is 8.31. The average Bonchev–Trinajstić information content (AvgIpc) is 2.73. The highest BCUT2D eigenvalue weighted by Gasteiger charge is 2.22. The summed E-state index contributed by atoms with van der Waals surface area (Å²) in [6.07, 6.45) is 3.99. The Morgan fingerprint density at radius 2 is 2.12 bits per heavy atom. The molecular weight excluding hydrogens is 208 g/mol. The van der Waals surface area contributed by atoms with Crippen LogP contribution in [-0.2, 0) is 0 Å². The van der Waals surface area contributed by atoms with Crippen LogP contribution in [0.3, 0.4) is 0 Å². The van der Waals surface area contributed by atoms with Crippen molar-refractivity contribution in [2.75, 3.05) is 32.0 Å². The molecule has 2 heteroatoms. The number of fused-ring (bicyclic) bond motifs is 1. The van der Waals surface area contributed by atoms with Crippen LogP contribution < -0.4 is 5.32 Å². The highest BCUT2D eigenvalue weighted by molar-refractivity contribution is 5.57. The molecule has 1 aliphatic rings. The van der Waals surface area contributed by atoms with E-state index in [1.165, 1.54) is 43.6 Å². The predicted molar refractivity (Wildman–Crippen MR) is 74.7 cm³/mol. The van der Waals surface area contributed by atoms with Gasteiger partial charge in [0.15, 0.2) is 0 Å². The van der Waals surface area contributed by atoms with Gasteiger partial charge >= 0.3 is 0 Å². The normalized spacial score (nSPS) is 18.2. The van der Waals surface area contributed by atoms with Crippen LogP contribution in [0.5, 0.6) is 0 Å². The van der Waals surface area contributed by atoms with Crippen LogP contribution >= 0.6 is 0 Å². The molecule has 1 aliphatic heterocycles. The van der Waals surface area contributed by atoms with Crippen molar-refractivity contribution in [3.05, 3.63) is 29.8 Å². The summed E-state index contributed by atoms with van der Waals surface area (Å²) in [5.74, 6) is 0.665. The topological polar surface area (TPSA) is 15.3 Å². The van der Waals surface area contributed by atoms with Crippen molar-refractivity contribution in [3.8, 4) is 0 Å². The molecule has 0 saturated heterocycles. The number of rotatable bonds is 6. The molecule has 0 radical (unpaired) electrons. The Morgan fingerprint density at radius 3 is 2.94 bits per heavy atom. The lowest BCUT2D eigenvalue weighted by Gasteiger charge is -2.20. The maximum atomic E-state index is 3.50. The molecule has 0 aromatic heterocycles. The van der Waals surface area contributed by atoms with Crippen LogP contribution in [0.4, 0.5) is 5.69 Å². The van der Waals surface area contributed by atoms with Crippen LogP contribution in [0.15, 0.2) is 24.3 Å². The lowest BCUT2D eigenvalue weighted by molar-refractivity contribution is 0.309. The van der Waals surface area contributed by atoms with Gasteiger partial charge in [0.2, 0.25) is 0 Å². The predicted octanol–water partition coefficient (Wildman–Crippen LogP) is 3.32. The zero-order valence-electron chi connectivity index (χ0n) is 11.1. The third-order valence-electron chi connectivity index (χ3n) is 3.61. The van der Waals surface area contributed by atoms with Crippen LogP contribution in [-0.4, -0.2) is 31.6 Å². The van der Waals surface area contributed by atoms with Crippen molar-refractivity contribution in [1.82, 2.24) is 4.90 Å². The van der Waals surface area contributed by atoms with E-state index in [-0.39, 0.29) is 0 Å². The van der Waals surface area contributed by atoms with E-state index in [0.717, 1.165) is 6.54 Å². The van der Waals surface area contributed by atoms with Gasteiger partial charge in [0.25, 0.3) is 0 Å². The number of likely N-dealkylation sites (N-methyl/N-ethyl adjacent to an activating group) is 1. The fourth-order valence-electron chi connectivity index (χ4n) is 2.62. The molecule has 0 spiro atoms. The SMILES string of the molecule is CCCCCN(C)CC1CNc2ccccc21. The van der Waals surface area contributed by atoms with E-state index in [2.05, 4.69) is 48.5 Å². The highest BCUT2D eigenvalue weighted by Crippen LogP contribution is 2.31. The molecule has 1 atom stereocenters. The first-order valence-corrected chi connectivity index (χ1v) is 6.82. The second-order valence-corrected chi connectivity index (χ2v) is 5.13. The van der Waals surface area contributed by atoms with Crippen molar-refractivity contribution >= 4 is 5.69 Å². The molecule has 1 aromatic rings. The van der Waals surface area contributed by atoms with Crippen molar-refractivity contribution in [2.45, 2.75) is 32.1 Å². The monoisotopic (exact) mass is 232 g/mol. The third kappa shape index (κ3) is 3.22. The van der Waals surface area contributed by atoms with Gasteiger partial charge < -0.3 is 10.2 Å². The van der Waals surface area contributed by atoms with Crippen LogP contribution in [0.25, 0.3) is 0 Å². The minimum absolute atomic E-state index is 0.665. The Bertz CT molecular complexity index is 349. The molecule has 94 valence electrons. The van der Waals surface area contributed by atoms with Crippen molar-refractivity contribution in [2.24, 2.45) is 0 Å². The maximum absolute atomic E-state index is 3.50. The second kappa shape index (κ2) is 6.06. The Morgan fingerprint density at radius 1 is 1.29 bits per heavy atom. The molecule has 2 rings (SSSR count). The largest absolute Gasteiger partial charge is 0.384 e. The minimum atomic E-state index is 0.665. The highest BCUT2D eigenvalue weighted by atomic mass is 15.1. The summed E-state index contributed by atoms with van der Waals surface area (Å²) in [6.45, 7) is 5.76. The molecular formula is C15H24N2. The van der Waals surface area contributed by atoms with Crippen LogP contribution in [0, 0.1) is 0 Å². The van der Waals surface area contributed by atoms with Crippen LogP contribution in [0.1, 0.15) is 37.7 Å². The first-order valence-electron chi connectivity index (χ1n) is 6.82. The molecule has 1 N–H and O–H groups in total. The van der Waals surface area contributed by atoms with Gasteiger partial charge in [0.1, 0.15) is 0 Å². The van der Waals surface area contributed by atoms with Gasteiger partial charge in [-0.1, -0.05) is 38.0 Å². The van der Waals surface area contributed by atoms with E-state index in [4.69, 9.17) is 0 Å². The zero-order valence-corrected chi connectivity index (χ0v) is 11.1. The number of nitrogens with zero attached hydrogens (tertiary/aromatic N) is 1. The molecule has 0 amide bonds. The Balaban J connectivity index is 1.84. The zero-order chi connectivity index (χ0) is 12.1. The molecule has 1 aromatic carbocycles. The summed E-state index contributed by atoms with van der Waals surface area (Å²) in [7, 11) is 2.25. The summed E-state index contributed by atoms with van der Waals surface area (Å²) >= 11 is 0. The van der Waals surface area contributed by atoms with E-state index in [1.807, 2.05) is 0 Å². The smallest absolute Gasteiger partial charge is 0.0376 e. The van der Waals surface area contributed by atoms with Crippen molar-refractivity contribution < 1.29 is 0 Å². The number of unbranched alkanes of at least 4 members (excludes halogenated alkanes) is 2. The van der Waals surface area contributed by atoms with Gasteiger partial charge in [-0.15, -0.1) is 0 Å². The molecule has 0 aliphatic carbocycles. The number of hydrogen-bond acceptors (Lipinski definition) is 2. The van der Waals surface area contributed by atoms with E-state index in [9.17, 15) is 0 Å². The Labute approximate surface area is 105 Å². The third-order valence-corrected chi connectivity index (χ3v) is 3.61. The number of hydrogen-bond donors (Lipinski definition) is 1. The lowest BCUT2D eigenvalue weighted by atomic mass is 10.0. The van der Waals surface area contributed by atoms with E-state index in [0.29, 0.717) is 5.92 Å². The number of anilines is 1. The molecule has 0 fully saturated rings. The van der Waals surface area contributed by atoms with Gasteiger partial charge in [-0.05, 0) is 31.6 Å². The van der Waals surface area contributed by atoms with Crippen LogP contribution in [0.2, 0.25) is 0 Å². The fourth-order valence-corrected chi connectivity index (χ4v) is 2.62. The average molecular weight is 232 g/mol. The van der Waals surface area contributed by atoms with Crippen molar-refractivity contribution in [1.29, 1.82) is 0 Å². The minimum Gasteiger partial charge on any atom is -0.384 e. The number of para-hydroxylation sites is 1. The van der Waals surface area contributed by atoms with E-state index in [1.54, 1.807) is 0 Å². The van der Waals surface area contributed by atoms with Gasteiger partial charge in [-0.3, -0.25) is 0 Å². The first kappa shape index (κ1) is 12.4. The molecule has 0 bridgehead atoms.